The van der Waals surface area contributed by atoms with Crippen molar-refractivity contribution < 1.29 is 4.74 Å². The van der Waals surface area contributed by atoms with Crippen LogP contribution in [0, 0.1) is 0 Å². The number of morpholine rings is 1. The molecule has 0 aromatic carbocycles. The Morgan fingerprint density at radius 3 is 2.87 bits per heavy atom. The normalized spacial score (nSPS) is 17.9. The summed E-state index contributed by atoms with van der Waals surface area (Å²) >= 11 is 3.36. The van der Waals surface area contributed by atoms with Crippen molar-refractivity contribution in [3.63, 3.8) is 0 Å². The second-order valence-corrected chi connectivity index (χ2v) is 4.32. The zero-order valence-corrected chi connectivity index (χ0v) is 10.0. The van der Waals surface area contributed by atoms with Crippen LogP contribution in [0.4, 0.5) is 0 Å². The van der Waals surface area contributed by atoms with Crippen molar-refractivity contribution in [3.05, 3.63) is 28.5 Å². The molecular weight excluding hydrogens is 258 g/mol. The third kappa shape index (κ3) is 3.53. The van der Waals surface area contributed by atoms with Crippen LogP contribution in [0.15, 0.2) is 22.8 Å². The predicted octanol–water partition coefficient (Wildman–Crippen LogP) is 1.18. The molecule has 0 atom stereocenters. The lowest BCUT2D eigenvalue weighted by Gasteiger charge is -2.27. The molecule has 0 spiro atoms. The molecule has 1 fully saturated rings. The number of hydrogen-bond acceptors (Lipinski definition) is 4. The van der Waals surface area contributed by atoms with Crippen LogP contribution in [-0.4, -0.2) is 36.3 Å². The van der Waals surface area contributed by atoms with E-state index in [1.807, 2.05) is 18.3 Å². The number of rotatable bonds is 3. The summed E-state index contributed by atoms with van der Waals surface area (Å²) < 4.78 is 6.28. The summed E-state index contributed by atoms with van der Waals surface area (Å²) in [6.45, 7) is 4.27. The van der Waals surface area contributed by atoms with Gasteiger partial charge < -0.3 is 4.74 Å². The van der Waals surface area contributed by atoms with E-state index in [-0.39, 0.29) is 0 Å². The Hall–Kier alpha value is -0.490. The molecule has 2 rings (SSSR count). The smallest absolute Gasteiger partial charge is 0.0608 e. The molecule has 1 aromatic heterocycles. The molecule has 1 N–H and O–H groups in total. The lowest BCUT2D eigenvalue weighted by Crippen LogP contribution is -2.45. The molecule has 2 heterocycles. The summed E-state index contributed by atoms with van der Waals surface area (Å²) in [5.41, 5.74) is 4.38. The number of halogens is 1. The van der Waals surface area contributed by atoms with E-state index in [9.17, 15) is 0 Å². The van der Waals surface area contributed by atoms with Gasteiger partial charge in [0.15, 0.2) is 0 Å². The van der Waals surface area contributed by atoms with Crippen LogP contribution in [0.25, 0.3) is 0 Å². The molecule has 15 heavy (non-hydrogen) atoms. The Bertz CT molecular complexity index is 298. The molecule has 0 unspecified atom stereocenters. The monoisotopic (exact) mass is 271 g/mol. The molecule has 0 saturated carbocycles. The minimum atomic E-state index is 0.771. The number of nitrogens with zero attached hydrogens (tertiary/aromatic N) is 2. The predicted molar refractivity (Wildman–Crippen MR) is 61.2 cm³/mol. The number of hydrogen-bond donors (Lipinski definition) is 1. The average Bonchev–Trinajstić information content (AvgIpc) is 2.30. The molecule has 82 valence electrons. The van der Waals surface area contributed by atoms with Crippen molar-refractivity contribution in [2.24, 2.45) is 0 Å². The molecule has 1 aliphatic heterocycles. The Kier molecular flexibility index (Phi) is 4.08. The molecule has 5 heteroatoms. The fraction of sp³-hybridized carbons (Fsp3) is 0.500. The summed E-state index contributed by atoms with van der Waals surface area (Å²) in [5, 5.41) is 2.17. The molecule has 0 aliphatic carbocycles. The van der Waals surface area contributed by atoms with E-state index in [4.69, 9.17) is 4.74 Å². The maximum Gasteiger partial charge on any atom is 0.0608 e. The summed E-state index contributed by atoms with van der Waals surface area (Å²) in [5.74, 6) is 0. The molecule has 4 nitrogen and oxygen atoms in total. The number of nitrogens with one attached hydrogen (secondary N) is 1. The summed E-state index contributed by atoms with van der Waals surface area (Å²) in [4.78, 5) is 4.30. The van der Waals surface area contributed by atoms with Crippen LogP contribution in [0.1, 0.15) is 5.69 Å². The number of aromatic nitrogens is 1. The quantitative estimate of drug-likeness (QED) is 0.896. The highest BCUT2D eigenvalue weighted by Crippen LogP contribution is 2.07. The molecule has 1 aromatic rings. The van der Waals surface area contributed by atoms with Crippen LogP contribution < -0.4 is 5.43 Å². The first-order chi connectivity index (χ1) is 7.34. The van der Waals surface area contributed by atoms with Gasteiger partial charge in [0.05, 0.1) is 25.5 Å². The Morgan fingerprint density at radius 2 is 2.20 bits per heavy atom. The zero-order chi connectivity index (χ0) is 10.5. The van der Waals surface area contributed by atoms with E-state index >= 15 is 0 Å². The fourth-order valence-corrected chi connectivity index (χ4v) is 1.66. The largest absolute Gasteiger partial charge is 0.379 e. The van der Waals surface area contributed by atoms with Crippen molar-refractivity contribution in [1.82, 2.24) is 15.4 Å². The summed E-state index contributed by atoms with van der Waals surface area (Å²) in [6, 6.07) is 4.01. The molecule has 0 radical (unpaired) electrons. The van der Waals surface area contributed by atoms with E-state index in [2.05, 4.69) is 31.3 Å². The van der Waals surface area contributed by atoms with Crippen molar-refractivity contribution in [2.75, 3.05) is 26.3 Å². The van der Waals surface area contributed by atoms with Gasteiger partial charge in [-0.1, -0.05) is 0 Å². The second kappa shape index (κ2) is 5.55. The molecule has 1 aliphatic rings. The van der Waals surface area contributed by atoms with Crippen molar-refractivity contribution in [3.8, 4) is 0 Å². The van der Waals surface area contributed by atoms with Gasteiger partial charge in [-0.05, 0) is 28.1 Å². The van der Waals surface area contributed by atoms with E-state index in [0.29, 0.717) is 0 Å². The van der Waals surface area contributed by atoms with Gasteiger partial charge in [0.1, 0.15) is 0 Å². The third-order valence-electron chi connectivity index (χ3n) is 2.28. The lowest BCUT2D eigenvalue weighted by molar-refractivity contribution is 0.0103. The Balaban J connectivity index is 1.79. The van der Waals surface area contributed by atoms with Gasteiger partial charge in [-0.15, -0.1) is 0 Å². The lowest BCUT2D eigenvalue weighted by atomic mass is 10.3. The first-order valence-corrected chi connectivity index (χ1v) is 5.80. The number of pyridine rings is 1. The van der Waals surface area contributed by atoms with Gasteiger partial charge in [0.25, 0.3) is 0 Å². The SMILES string of the molecule is Brc1ccc(CNN2CCOCC2)nc1. The van der Waals surface area contributed by atoms with Crippen LogP contribution in [0.5, 0.6) is 0 Å². The van der Waals surface area contributed by atoms with Gasteiger partial charge in [0, 0.05) is 23.8 Å². The van der Waals surface area contributed by atoms with Crippen molar-refractivity contribution >= 4 is 15.9 Å². The minimum Gasteiger partial charge on any atom is -0.379 e. The zero-order valence-electron chi connectivity index (χ0n) is 8.45. The molecule has 1 saturated heterocycles. The van der Waals surface area contributed by atoms with Gasteiger partial charge >= 0.3 is 0 Å². The van der Waals surface area contributed by atoms with E-state index in [1.54, 1.807) is 0 Å². The van der Waals surface area contributed by atoms with Gasteiger partial charge in [-0.2, -0.15) is 0 Å². The fourth-order valence-electron chi connectivity index (χ4n) is 1.43. The Morgan fingerprint density at radius 1 is 1.40 bits per heavy atom. The maximum atomic E-state index is 5.26. The van der Waals surface area contributed by atoms with Crippen LogP contribution in [0.2, 0.25) is 0 Å². The van der Waals surface area contributed by atoms with Gasteiger partial charge in [-0.25, -0.2) is 10.4 Å². The van der Waals surface area contributed by atoms with E-state index < -0.39 is 0 Å². The standard InChI is InChI=1S/C10H14BrN3O/c11-9-1-2-10(12-7-9)8-13-14-3-5-15-6-4-14/h1-2,7,13H,3-6,8H2. The van der Waals surface area contributed by atoms with E-state index in [1.165, 1.54) is 0 Å². The summed E-state index contributed by atoms with van der Waals surface area (Å²) in [6.07, 6.45) is 1.82. The minimum absolute atomic E-state index is 0.771. The summed E-state index contributed by atoms with van der Waals surface area (Å²) in [7, 11) is 0. The number of ether oxygens (including phenoxy) is 1. The highest BCUT2D eigenvalue weighted by atomic mass is 79.9. The van der Waals surface area contributed by atoms with Gasteiger partial charge in [-0.3, -0.25) is 4.98 Å². The first-order valence-electron chi connectivity index (χ1n) is 5.01. The first kappa shape index (κ1) is 11.0. The van der Waals surface area contributed by atoms with Crippen molar-refractivity contribution in [2.45, 2.75) is 6.54 Å². The highest BCUT2D eigenvalue weighted by molar-refractivity contribution is 9.10. The Labute approximate surface area is 97.7 Å². The number of hydrazine groups is 1. The van der Waals surface area contributed by atoms with Gasteiger partial charge in [0.2, 0.25) is 0 Å². The second-order valence-electron chi connectivity index (χ2n) is 3.40. The molecule has 0 bridgehead atoms. The third-order valence-corrected chi connectivity index (χ3v) is 2.75. The average molecular weight is 272 g/mol. The topological polar surface area (TPSA) is 37.4 Å². The van der Waals surface area contributed by atoms with Crippen LogP contribution in [0.3, 0.4) is 0 Å². The highest BCUT2D eigenvalue weighted by Gasteiger charge is 2.09. The maximum absolute atomic E-state index is 5.26. The van der Waals surface area contributed by atoms with Crippen LogP contribution >= 0.6 is 15.9 Å². The van der Waals surface area contributed by atoms with Crippen LogP contribution in [-0.2, 0) is 11.3 Å². The molecule has 0 amide bonds. The van der Waals surface area contributed by atoms with E-state index in [0.717, 1.165) is 43.0 Å². The molecular formula is C10H14BrN3O. The van der Waals surface area contributed by atoms with Crippen molar-refractivity contribution in [1.29, 1.82) is 0 Å².